The molecule has 14 nitrogen and oxygen atoms in total. The quantitative estimate of drug-likeness (QED) is 0.0332. The van der Waals surface area contributed by atoms with E-state index in [9.17, 15) is 19.2 Å². The Balaban J connectivity index is 1.83. The fourth-order valence-corrected chi connectivity index (χ4v) is 10.8. The maximum absolute atomic E-state index is 12.2. The Morgan fingerprint density at radius 3 is 0.873 bits per heavy atom. The van der Waals surface area contributed by atoms with E-state index in [4.69, 9.17) is 46.3 Å². The van der Waals surface area contributed by atoms with E-state index in [1.165, 1.54) is 28.4 Å². The fourth-order valence-electron chi connectivity index (χ4n) is 8.25. The van der Waals surface area contributed by atoms with Gasteiger partial charge in [-0.1, -0.05) is 132 Å². The number of hydrogen-bond acceptors (Lipinski definition) is 14. The van der Waals surface area contributed by atoms with E-state index in [-0.39, 0.29) is 77.8 Å². The van der Waals surface area contributed by atoms with E-state index in [0.717, 1.165) is 44.5 Å². The van der Waals surface area contributed by atoms with E-state index in [1.54, 1.807) is 0 Å². The first-order valence-electron chi connectivity index (χ1n) is 27.1. The van der Waals surface area contributed by atoms with Crippen LogP contribution >= 0.6 is 17.0 Å². The average molecular weight is 1130 g/mol. The van der Waals surface area contributed by atoms with Gasteiger partial charge in [0, 0.05) is 47.9 Å². The Labute approximate surface area is 474 Å². The number of carbonyl (C=O) groups is 4. The highest BCUT2D eigenvalue weighted by Crippen LogP contribution is 2.56. The first-order chi connectivity index (χ1) is 36.6. The second-order valence-corrected chi connectivity index (χ2v) is 28.0. The topological polar surface area (TPSA) is 161 Å². The number of hydrogen-bond donors (Lipinski definition) is 0. The van der Waals surface area contributed by atoms with Gasteiger partial charge >= 0.3 is 40.9 Å². The molecule has 4 rings (SSSR count). The van der Waals surface area contributed by atoms with Gasteiger partial charge < -0.3 is 41.8 Å². The van der Waals surface area contributed by atoms with Crippen LogP contribution in [0.25, 0.3) is 0 Å². The van der Waals surface area contributed by atoms with Crippen LogP contribution in [0.15, 0.2) is 72.8 Å². The first-order valence-corrected chi connectivity index (χ1v) is 29.3. The standard InChI is InChI=1S/C63H90O14P2/c1-58(2,3)46-37-42(25-33-54(64)68-17)21-29-50(46)73-78(74-51-30-22-43(26-34-55(65)69-18)38-47(51)59(4,5)6)63(15,16)72-41-62(13,14)77-79(75-52-31-23-44(27-35-56(66)70-19)39-48(52)60(7,8)9)76-53-32-24-45(28-36-57(67)71-20)40-49(53)61(10,11)12/h21-24,29-32,37-40H,25-28,33-36,41H2,1-20H3. The summed E-state index contributed by atoms with van der Waals surface area (Å²) in [7, 11) is 1.33. The van der Waals surface area contributed by atoms with E-state index in [1.807, 2.05) is 76.2 Å². The fraction of sp³-hybridized carbons (Fsp3) is 0.556. The van der Waals surface area contributed by atoms with Gasteiger partial charge in [0.05, 0.1) is 40.6 Å². The number of esters is 4. The smallest absolute Gasteiger partial charge is 0.463 e. The van der Waals surface area contributed by atoms with Crippen molar-refractivity contribution in [3.8, 4) is 23.0 Å². The lowest BCUT2D eigenvalue weighted by Crippen LogP contribution is -2.37. The number of benzene rings is 4. The van der Waals surface area contributed by atoms with Crippen molar-refractivity contribution in [2.24, 2.45) is 0 Å². The summed E-state index contributed by atoms with van der Waals surface area (Å²) in [6, 6.07) is 23.8. The second kappa shape index (κ2) is 27.9. The van der Waals surface area contributed by atoms with Crippen LogP contribution < -0.4 is 18.1 Å². The molecule has 0 fully saturated rings. The molecule has 436 valence electrons. The monoisotopic (exact) mass is 1130 g/mol. The molecule has 0 saturated carbocycles. The van der Waals surface area contributed by atoms with Gasteiger partial charge in [-0.2, -0.15) is 0 Å². The van der Waals surface area contributed by atoms with Gasteiger partial charge in [-0.25, -0.2) is 0 Å². The van der Waals surface area contributed by atoms with Gasteiger partial charge in [0.1, 0.15) is 23.0 Å². The molecule has 0 aliphatic heterocycles. The van der Waals surface area contributed by atoms with Gasteiger partial charge in [0.2, 0.25) is 0 Å². The van der Waals surface area contributed by atoms with Crippen molar-refractivity contribution in [1.29, 1.82) is 0 Å². The Kier molecular flexibility index (Phi) is 23.4. The summed E-state index contributed by atoms with van der Waals surface area (Å²) in [5.41, 5.74) is 4.91. The summed E-state index contributed by atoms with van der Waals surface area (Å²) in [5, 5.41) is -1.11. The van der Waals surface area contributed by atoms with Crippen molar-refractivity contribution < 1.29 is 65.5 Å². The zero-order valence-corrected chi connectivity index (χ0v) is 52.7. The molecule has 0 aromatic heterocycles. The highest BCUT2D eigenvalue weighted by Gasteiger charge is 2.42. The van der Waals surface area contributed by atoms with E-state index in [2.05, 4.69) is 107 Å². The summed E-state index contributed by atoms with van der Waals surface area (Å²) >= 11 is 0. The highest BCUT2D eigenvalue weighted by molar-refractivity contribution is 7.49. The summed E-state index contributed by atoms with van der Waals surface area (Å²) in [5.74, 6) is 1.20. The lowest BCUT2D eigenvalue weighted by atomic mass is 9.85. The zero-order chi connectivity index (χ0) is 59.3. The molecule has 0 saturated heterocycles. The summed E-state index contributed by atoms with van der Waals surface area (Å²) in [6.45, 7) is 33.1. The van der Waals surface area contributed by atoms with Crippen molar-refractivity contribution >= 4 is 40.9 Å². The third-order valence-corrected chi connectivity index (χ3v) is 16.1. The van der Waals surface area contributed by atoms with Crippen LogP contribution in [-0.4, -0.2) is 69.9 Å². The van der Waals surface area contributed by atoms with Crippen molar-refractivity contribution in [2.75, 3.05) is 35.0 Å². The lowest BCUT2D eigenvalue weighted by Gasteiger charge is -2.37. The lowest BCUT2D eigenvalue weighted by molar-refractivity contribution is -0.141. The van der Waals surface area contributed by atoms with Crippen LogP contribution in [0.5, 0.6) is 23.0 Å². The highest BCUT2D eigenvalue weighted by atomic mass is 31.2. The van der Waals surface area contributed by atoms with Gasteiger partial charge in [0.15, 0.2) is 5.34 Å². The third-order valence-electron chi connectivity index (χ3n) is 13.0. The van der Waals surface area contributed by atoms with E-state index < -0.39 is 27.9 Å². The van der Waals surface area contributed by atoms with Gasteiger partial charge in [0.25, 0.3) is 0 Å². The molecule has 0 aliphatic carbocycles. The van der Waals surface area contributed by atoms with Crippen LogP contribution in [0.1, 0.15) is 181 Å². The molecule has 0 aliphatic rings. The molecule has 0 amide bonds. The molecule has 79 heavy (non-hydrogen) atoms. The summed E-state index contributed by atoms with van der Waals surface area (Å²) in [4.78, 5) is 48.7. The van der Waals surface area contributed by atoms with Crippen LogP contribution in [0, 0.1) is 0 Å². The molecule has 0 radical (unpaired) electrons. The van der Waals surface area contributed by atoms with E-state index >= 15 is 0 Å². The SMILES string of the molecule is COC(=O)CCc1ccc(OP(Oc2ccc(CCC(=O)OC)cc2C(C)(C)C)OC(C)(C)COC(C)(C)P(Oc2ccc(CCC(=O)OC)cc2C(C)(C)C)Oc2ccc(CCC(=O)OC)cc2C(C)(C)C)c(C(C)(C)C)c1. The zero-order valence-electron chi connectivity index (χ0n) is 50.9. The van der Waals surface area contributed by atoms with Gasteiger partial charge in [-0.05, 0) is 122 Å². The van der Waals surface area contributed by atoms with Crippen molar-refractivity contribution in [1.82, 2.24) is 0 Å². The Morgan fingerprint density at radius 1 is 0.380 bits per heavy atom. The molecule has 0 atom stereocenters. The van der Waals surface area contributed by atoms with Crippen molar-refractivity contribution in [2.45, 2.75) is 195 Å². The average Bonchev–Trinajstić information content (AvgIpc) is 3.44. The van der Waals surface area contributed by atoms with Gasteiger partial charge in [-0.3, -0.25) is 23.7 Å². The first kappa shape index (κ1) is 66.3. The maximum atomic E-state index is 12.2. The summed E-state index contributed by atoms with van der Waals surface area (Å²) < 4.78 is 62.0. The summed E-state index contributed by atoms with van der Waals surface area (Å²) in [6.07, 6.45) is 2.93. The predicted molar refractivity (Wildman–Crippen MR) is 313 cm³/mol. The number of aryl methyl sites for hydroxylation is 4. The van der Waals surface area contributed by atoms with Crippen LogP contribution in [0.4, 0.5) is 0 Å². The molecule has 4 aromatic rings. The van der Waals surface area contributed by atoms with Crippen LogP contribution in [0.3, 0.4) is 0 Å². The van der Waals surface area contributed by atoms with Gasteiger partial charge in [-0.15, -0.1) is 0 Å². The molecular formula is C63H90O14P2. The molecule has 0 unspecified atom stereocenters. The number of methoxy groups -OCH3 is 4. The Hall–Kier alpha value is -5.26. The minimum absolute atomic E-state index is 0.0332. The number of rotatable bonds is 26. The Morgan fingerprint density at radius 2 is 0.633 bits per heavy atom. The minimum Gasteiger partial charge on any atom is -0.469 e. The van der Waals surface area contributed by atoms with Crippen molar-refractivity contribution in [3.63, 3.8) is 0 Å². The predicted octanol–water partition coefficient (Wildman–Crippen LogP) is 15.0. The minimum atomic E-state index is -2.23. The molecule has 4 aromatic carbocycles. The molecule has 0 spiro atoms. The molecular weight excluding hydrogens is 1040 g/mol. The number of carbonyl (C=O) groups excluding carboxylic acids is 4. The molecule has 16 heteroatoms. The molecule has 0 heterocycles. The van der Waals surface area contributed by atoms with Crippen LogP contribution in [-0.2, 0) is 94.7 Å². The largest absolute Gasteiger partial charge is 0.469 e. The number of ether oxygens (including phenoxy) is 5. The maximum Gasteiger partial charge on any atom is 0.463 e. The molecule has 0 bridgehead atoms. The van der Waals surface area contributed by atoms with Crippen LogP contribution in [0.2, 0.25) is 0 Å². The van der Waals surface area contributed by atoms with E-state index in [0.29, 0.717) is 48.7 Å². The third kappa shape index (κ3) is 20.7. The van der Waals surface area contributed by atoms with Crippen molar-refractivity contribution in [3.05, 3.63) is 117 Å². The Bertz CT molecular complexity index is 2530. The molecule has 0 N–H and O–H groups in total. The second-order valence-electron chi connectivity index (χ2n) is 25.1. The normalized spacial score (nSPS) is 12.5.